The van der Waals surface area contributed by atoms with Gasteiger partial charge in [0.25, 0.3) is 11.8 Å². The minimum Gasteiger partial charge on any atom is -0.350 e. The van der Waals surface area contributed by atoms with Crippen molar-refractivity contribution in [3.8, 4) is 0 Å². The van der Waals surface area contributed by atoms with Crippen LogP contribution in [0.15, 0.2) is 54.8 Å². The second-order valence-corrected chi connectivity index (χ2v) is 7.08. The Labute approximate surface area is 160 Å². The molecule has 4 heteroatoms. The lowest BCUT2D eigenvalue weighted by molar-refractivity contribution is -0.136. The lowest BCUT2D eigenvalue weighted by atomic mass is 9.97. The fourth-order valence-electron chi connectivity index (χ4n) is 3.52. The number of imide groups is 1. The number of amides is 2. The second kappa shape index (κ2) is 7.23. The van der Waals surface area contributed by atoms with Gasteiger partial charge in [-0.25, -0.2) is 0 Å². The molecule has 1 aliphatic heterocycles. The van der Waals surface area contributed by atoms with Crippen LogP contribution in [0.2, 0.25) is 0 Å². The van der Waals surface area contributed by atoms with Crippen LogP contribution in [0.25, 0.3) is 5.57 Å². The predicted molar refractivity (Wildman–Crippen MR) is 109 cm³/mol. The van der Waals surface area contributed by atoms with Crippen molar-refractivity contribution in [3.63, 3.8) is 0 Å². The van der Waals surface area contributed by atoms with Crippen LogP contribution in [0.3, 0.4) is 0 Å². The number of nitrogens with zero attached hydrogens (tertiary/aromatic N) is 1. The van der Waals surface area contributed by atoms with Crippen molar-refractivity contribution in [2.75, 3.05) is 11.9 Å². The number of rotatable bonds is 5. The summed E-state index contributed by atoms with van der Waals surface area (Å²) >= 11 is 0. The van der Waals surface area contributed by atoms with Crippen LogP contribution in [0.5, 0.6) is 0 Å². The van der Waals surface area contributed by atoms with Crippen molar-refractivity contribution in [2.45, 2.75) is 27.7 Å². The van der Waals surface area contributed by atoms with E-state index in [4.69, 9.17) is 0 Å². The molecule has 0 unspecified atom stereocenters. The largest absolute Gasteiger partial charge is 0.350 e. The first-order chi connectivity index (χ1) is 12.8. The molecule has 0 aromatic heterocycles. The van der Waals surface area contributed by atoms with Crippen molar-refractivity contribution in [1.29, 1.82) is 0 Å². The van der Waals surface area contributed by atoms with Gasteiger partial charge in [0.15, 0.2) is 0 Å². The third-order valence-electron chi connectivity index (χ3n) is 4.62. The molecule has 1 heterocycles. The summed E-state index contributed by atoms with van der Waals surface area (Å²) in [7, 11) is 0. The molecule has 4 nitrogen and oxygen atoms in total. The van der Waals surface area contributed by atoms with E-state index in [0.717, 1.165) is 33.5 Å². The van der Waals surface area contributed by atoms with Gasteiger partial charge in [-0.05, 0) is 62.1 Å². The second-order valence-electron chi connectivity index (χ2n) is 7.08. The Morgan fingerprint density at radius 2 is 1.59 bits per heavy atom. The maximum atomic E-state index is 13.0. The number of nitrogens with one attached hydrogen (secondary N) is 1. The molecular formula is C23H24N2O2. The van der Waals surface area contributed by atoms with E-state index in [-0.39, 0.29) is 18.4 Å². The van der Waals surface area contributed by atoms with E-state index >= 15 is 0 Å². The van der Waals surface area contributed by atoms with E-state index < -0.39 is 0 Å². The average molecular weight is 360 g/mol. The SMILES string of the molecule is C=CCN1C(=O)C(Nc2cc(C)cc(C)c2)=C(c2ccc(C)cc2C)C1=O. The summed E-state index contributed by atoms with van der Waals surface area (Å²) in [6.07, 6.45) is 1.56. The minimum atomic E-state index is -0.325. The van der Waals surface area contributed by atoms with Crippen LogP contribution in [0.1, 0.15) is 27.8 Å². The Balaban J connectivity index is 2.15. The van der Waals surface area contributed by atoms with Gasteiger partial charge in [0.2, 0.25) is 0 Å². The molecule has 2 amide bonds. The van der Waals surface area contributed by atoms with Gasteiger partial charge in [0.05, 0.1) is 5.57 Å². The van der Waals surface area contributed by atoms with E-state index in [0.29, 0.717) is 11.3 Å². The van der Waals surface area contributed by atoms with Gasteiger partial charge < -0.3 is 5.32 Å². The van der Waals surface area contributed by atoms with Crippen molar-refractivity contribution in [1.82, 2.24) is 4.90 Å². The molecule has 27 heavy (non-hydrogen) atoms. The van der Waals surface area contributed by atoms with Crippen LogP contribution in [-0.4, -0.2) is 23.3 Å². The number of anilines is 1. The highest BCUT2D eigenvalue weighted by Crippen LogP contribution is 2.32. The fraction of sp³-hybridized carbons (Fsp3) is 0.217. The van der Waals surface area contributed by atoms with Crippen LogP contribution >= 0.6 is 0 Å². The maximum absolute atomic E-state index is 13.0. The molecule has 0 spiro atoms. The Bertz CT molecular complexity index is 966. The van der Waals surface area contributed by atoms with E-state index in [9.17, 15) is 9.59 Å². The third kappa shape index (κ3) is 3.56. The van der Waals surface area contributed by atoms with E-state index in [1.54, 1.807) is 6.08 Å². The molecule has 3 rings (SSSR count). The number of aryl methyl sites for hydroxylation is 4. The zero-order chi connectivity index (χ0) is 19.7. The molecule has 0 atom stereocenters. The summed E-state index contributed by atoms with van der Waals surface area (Å²) in [5, 5.41) is 3.21. The summed E-state index contributed by atoms with van der Waals surface area (Å²) in [6.45, 7) is 11.8. The van der Waals surface area contributed by atoms with Gasteiger partial charge >= 0.3 is 0 Å². The summed E-state index contributed by atoms with van der Waals surface area (Å²) in [6, 6.07) is 11.9. The number of carbonyl (C=O) groups is 2. The first kappa shape index (κ1) is 18.6. The molecule has 0 aliphatic carbocycles. The summed E-state index contributed by atoms with van der Waals surface area (Å²) in [5.41, 5.74) is 6.56. The normalized spacial score (nSPS) is 14.1. The first-order valence-corrected chi connectivity index (χ1v) is 8.96. The monoisotopic (exact) mass is 360 g/mol. The predicted octanol–water partition coefficient (Wildman–Crippen LogP) is 4.30. The number of carbonyl (C=O) groups excluding carboxylic acids is 2. The smallest absolute Gasteiger partial charge is 0.278 e. The van der Waals surface area contributed by atoms with Gasteiger partial charge in [-0.3, -0.25) is 14.5 Å². The lowest BCUT2D eigenvalue weighted by Gasteiger charge is -2.13. The van der Waals surface area contributed by atoms with Gasteiger partial charge in [0.1, 0.15) is 5.70 Å². The summed E-state index contributed by atoms with van der Waals surface area (Å²) in [5.74, 6) is -0.618. The van der Waals surface area contributed by atoms with Crippen molar-refractivity contribution in [2.24, 2.45) is 0 Å². The highest BCUT2D eigenvalue weighted by molar-refractivity contribution is 6.36. The highest BCUT2D eigenvalue weighted by atomic mass is 16.2. The molecule has 0 bridgehead atoms. The quantitative estimate of drug-likeness (QED) is 0.639. The number of benzene rings is 2. The van der Waals surface area contributed by atoms with Gasteiger partial charge in [-0.15, -0.1) is 6.58 Å². The zero-order valence-electron chi connectivity index (χ0n) is 16.2. The molecule has 0 radical (unpaired) electrons. The maximum Gasteiger partial charge on any atom is 0.278 e. The Morgan fingerprint density at radius 3 is 2.19 bits per heavy atom. The lowest BCUT2D eigenvalue weighted by Crippen LogP contribution is -2.32. The molecule has 2 aromatic rings. The van der Waals surface area contributed by atoms with E-state index in [1.165, 1.54) is 4.90 Å². The van der Waals surface area contributed by atoms with Crippen molar-refractivity contribution >= 4 is 23.1 Å². The molecule has 2 aromatic carbocycles. The summed E-state index contributed by atoms with van der Waals surface area (Å²) < 4.78 is 0. The van der Waals surface area contributed by atoms with Crippen LogP contribution in [0, 0.1) is 27.7 Å². The van der Waals surface area contributed by atoms with Crippen LogP contribution in [-0.2, 0) is 9.59 Å². The topological polar surface area (TPSA) is 49.4 Å². The number of hydrogen-bond donors (Lipinski definition) is 1. The molecule has 138 valence electrons. The Morgan fingerprint density at radius 1 is 0.926 bits per heavy atom. The fourth-order valence-corrected chi connectivity index (χ4v) is 3.52. The standard InChI is InChI=1S/C23H24N2O2/c1-6-9-25-22(26)20(19-8-7-14(2)11-17(19)5)21(23(25)27)24-18-12-15(3)10-16(4)13-18/h6-8,10-13,24H,1,9H2,2-5H3. The molecule has 0 saturated heterocycles. The summed E-state index contributed by atoms with van der Waals surface area (Å²) in [4.78, 5) is 27.2. The molecule has 1 aliphatic rings. The first-order valence-electron chi connectivity index (χ1n) is 8.96. The third-order valence-corrected chi connectivity index (χ3v) is 4.62. The Hall–Kier alpha value is -3.14. The highest BCUT2D eigenvalue weighted by Gasteiger charge is 2.39. The van der Waals surface area contributed by atoms with Gasteiger partial charge in [0, 0.05) is 12.2 Å². The van der Waals surface area contributed by atoms with Crippen molar-refractivity contribution < 1.29 is 9.59 Å². The minimum absolute atomic E-state index is 0.185. The molecular weight excluding hydrogens is 336 g/mol. The molecule has 0 saturated carbocycles. The van der Waals surface area contributed by atoms with Crippen LogP contribution in [0.4, 0.5) is 5.69 Å². The van der Waals surface area contributed by atoms with Crippen LogP contribution < -0.4 is 5.32 Å². The Kier molecular flexibility index (Phi) is 5.00. The van der Waals surface area contributed by atoms with Gasteiger partial charge in [-0.2, -0.15) is 0 Å². The van der Waals surface area contributed by atoms with Gasteiger partial charge in [-0.1, -0.05) is 35.9 Å². The van der Waals surface area contributed by atoms with E-state index in [2.05, 4.69) is 18.0 Å². The van der Waals surface area contributed by atoms with Crippen molar-refractivity contribution in [3.05, 3.63) is 82.6 Å². The zero-order valence-corrected chi connectivity index (χ0v) is 16.2. The number of hydrogen-bond acceptors (Lipinski definition) is 3. The average Bonchev–Trinajstić information content (AvgIpc) is 2.79. The molecule has 0 fully saturated rings. The van der Waals surface area contributed by atoms with E-state index in [1.807, 2.05) is 58.0 Å². The molecule has 1 N–H and O–H groups in total.